The Hall–Kier alpha value is -1.76. The van der Waals surface area contributed by atoms with Gasteiger partial charge in [-0.1, -0.05) is 78.6 Å². The zero-order valence-electron chi connectivity index (χ0n) is 25.6. The van der Waals surface area contributed by atoms with Crippen LogP contribution in [-0.2, 0) is 12.8 Å². The van der Waals surface area contributed by atoms with Gasteiger partial charge in [0.1, 0.15) is 5.75 Å². The molecule has 2 fully saturated rings. The Kier molecular flexibility index (Phi) is 10.4. The Balaban J connectivity index is 1.44. The third-order valence-corrected chi connectivity index (χ3v) is 11.0. The highest BCUT2D eigenvalue weighted by Crippen LogP contribution is 2.44. The fraction of sp³-hybridized carbons (Fsp3) is 0.676. The minimum atomic E-state index is 0.290. The van der Waals surface area contributed by atoms with Gasteiger partial charge in [0.2, 0.25) is 0 Å². The van der Waals surface area contributed by atoms with Gasteiger partial charge in [-0.2, -0.15) is 0 Å². The van der Waals surface area contributed by atoms with E-state index in [4.69, 9.17) is 4.74 Å². The number of ether oxygens (including phenoxy) is 1. The summed E-state index contributed by atoms with van der Waals surface area (Å²) in [5, 5.41) is 0. The van der Waals surface area contributed by atoms with Crippen LogP contribution in [0.25, 0.3) is 11.1 Å². The summed E-state index contributed by atoms with van der Waals surface area (Å²) in [5.41, 5.74) is 7.26. The van der Waals surface area contributed by atoms with E-state index in [1.54, 1.807) is 5.56 Å². The first-order chi connectivity index (χ1) is 18.5. The molecule has 4 rings (SSSR count). The lowest BCUT2D eigenvalue weighted by atomic mass is 9.68. The van der Waals surface area contributed by atoms with Crippen molar-refractivity contribution >= 4 is 0 Å². The van der Waals surface area contributed by atoms with Crippen LogP contribution >= 0.6 is 0 Å². The van der Waals surface area contributed by atoms with E-state index >= 15 is 0 Å². The molecule has 0 saturated heterocycles. The van der Waals surface area contributed by atoms with E-state index in [1.165, 1.54) is 92.9 Å². The fourth-order valence-electron chi connectivity index (χ4n) is 7.54. The van der Waals surface area contributed by atoms with Crippen molar-refractivity contribution in [1.29, 1.82) is 0 Å². The number of hydrogen-bond donors (Lipinski definition) is 0. The van der Waals surface area contributed by atoms with Crippen LogP contribution in [0.15, 0.2) is 36.4 Å². The minimum Gasteiger partial charge on any atom is -0.492 e. The molecule has 1 heteroatoms. The van der Waals surface area contributed by atoms with Gasteiger partial charge in [-0.25, -0.2) is 0 Å². The summed E-state index contributed by atoms with van der Waals surface area (Å²) in [6.07, 6.45) is 17.1. The van der Waals surface area contributed by atoms with Crippen LogP contribution in [-0.4, -0.2) is 6.61 Å². The average molecular weight is 517 g/mol. The largest absolute Gasteiger partial charge is 0.492 e. The lowest BCUT2D eigenvalue weighted by Crippen LogP contribution is -2.27. The molecule has 0 atom stereocenters. The van der Waals surface area contributed by atoms with Crippen molar-refractivity contribution in [1.82, 2.24) is 0 Å². The molecule has 0 radical (unpaired) electrons. The monoisotopic (exact) mass is 516 g/mol. The van der Waals surface area contributed by atoms with Crippen LogP contribution < -0.4 is 4.74 Å². The predicted octanol–water partition coefficient (Wildman–Crippen LogP) is 11.2. The van der Waals surface area contributed by atoms with E-state index in [1.807, 2.05) is 0 Å². The molecular weight excluding hydrogens is 460 g/mol. The predicted molar refractivity (Wildman–Crippen MR) is 165 cm³/mol. The molecule has 2 aliphatic carbocycles. The third kappa shape index (κ3) is 6.68. The van der Waals surface area contributed by atoms with Crippen LogP contribution in [0.3, 0.4) is 0 Å². The van der Waals surface area contributed by atoms with Gasteiger partial charge in [0.05, 0.1) is 6.61 Å². The van der Waals surface area contributed by atoms with Gasteiger partial charge in [-0.3, -0.25) is 0 Å². The highest BCUT2D eigenvalue weighted by atomic mass is 16.5. The number of aryl methyl sites for hydroxylation is 2. The summed E-state index contributed by atoms with van der Waals surface area (Å²) >= 11 is 0. The second kappa shape index (κ2) is 13.5. The molecule has 0 amide bonds. The lowest BCUT2D eigenvalue weighted by molar-refractivity contribution is 0.126. The highest BCUT2D eigenvalue weighted by molar-refractivity contribution is 5.68. The Morgan fingerprint density at radius 3 is 1.63 bits per heavy atom. The van der Waals surface area contributed by atoms with E-state index in [0.717, 1.165) is 48.9 Å². The standard InChI is InChI=1S/C37H56O/c1-7-28-24-35(25-29(8-2)36(28)38-26-37(9-3,10-4)11-5)34-22-20-33(21-23-34)32-18-16-31(17-19-32)30-14-12-27(6)13-15-30/h20-25,27,30-32H,7-19,26H2,1-6H3. The molecule has 0 aromatic heterocycles. The SMILES string of the molecule is CCc1cc(-c2ccc(C3CCC(C4CCC(C)CC4)CC3)cc2)cc(CC)c1OCC(CC)(CC)CC. The Bertz CT molecular complexity index is 949. The number of hydrogen-bond acceptors (Lipinski definition) is 1. The van der Waals surface area contributed by atoms with Crippen LogP contribution in [0.1, 0.15) is 135 Å². The smallest absolute Gasteiger partial charge is 0.125 e. The maximum absolute atomic E-state index is 6.64. The fourth-order valence-corrected chi connectivity index (χ4v) is 7.54. The van der Waals surface area contributed by atoms with E-state index in [0.29, 0.717) is 5.41 Å². The molecule has 2 aliphatic rings. The molecule has 0 aliphatic heterocycles. The van der Waals surface area contributed by atoms with E-state index < -0.39 is 0 Å². The molecular formula is C37H56O. The van der Waals surface area contributed by atoms with Crippen LogP contribution in [0, 0.1) is 23.2 Å². The zero-order chi connectivity index (χ0) is 27.1. The maximum atomic E-state index is 6.64. The number of benzene rings is 2. The summed E-state index contributed by atoms with van der Waals surface area (Å²) in [4.78, 5) is 0. The molecule has 210 valence electrons. The van der Waals surface area contributed by atoms with Crippen molar-refractivity contribution in [2.75, 3.05) is 6.61 Å². The van der Waals surface area contributed by atoms with Crippen molar-refractivity contribution < 1.29 is 4.74 Å². The topological polar surface area (TPSA) is 9.23 Å². The van der Waals surface area contributed by atoms with E-state index in [9.17, 15) is 0 Å². The molecule has 0 unspecified atom stereocenters. The molecule has 0 N–H and O–H groups in total. The van der Waals surface area contributed by atoms with Gasteiger partial charge in [0.15, 0.2) is 0 Å². The van der Waals surface area contributed by atoms with E-state index in [-0.39, 0.29) is 0 Å². The van der Waals surface area contributed by atoms with Gasteiger partial charge in [0, 0.05) is 5.41 Å². The van der Waals surface area contributed by atoms with Gasteiger partial charge in [0.25, 0.3) is 0 Å². The first kappa shape index (κ1) is 29.2. The second-order valence-corrected chi connectivity index (χ2v) is 12.9. The van der Waals surface area contributed by atoms with Gasteiger partial charge in [-0.15, -0.1) is 0 Å². The molecule has 0 heterocycles. The van der Waals surface area contributed by atoms with Gasteiger partial charge >= 0.3 is 0 Å². The molecule has 2 aromatic rings. The Labute approximate surface area is 235 Å². The third-order valence-electron chi connectivity index (χ3n) is 11.0. The molecule has 0 spiro atoms. The molecule has 2 aromatic carbocycles. The van der Waals surface area contributed by atoms with Crippen molar-refractivity contribution in [3.8, 4) is 16.9 Å². The molecule has 38 heavy (non-hydrogen) atoms. The van der Waals surface area contributed by atoms with Gasteiger partial charge < -0.3 is 4.74 Å². The maximum Gasteiger partial charge on any atom is 0.125 e. The van der Waals surface area contributed by atoms with Crippen LogP contribution in [0.5, 0.6) is 5.75 Å². The second-order valence-electron chi connectivity index (χ2n) is 12.9. The van der Waals surface area contributed by atoms with Crippen LogP contribution in [0.4, 0.5) is 0 Å². The normalized spacial score (nSPS) is 24.4. The summed E-state index contributed by atoms with van der Waals surface area (Å²) in [6, 6.07) is 14.4. The highest BCUT2D eigenvalue weighted by Gasteiger charge is 2.30. The summed E-state index contributed by atoms with van der Waals surface area (Å²) < 4.78 is 6.64. The first-order valence-corrected chi connectivity index (χ1v) is 16.3. The van der Waals surface area contributed by atoms with Crippen molar-refractivity contribution in [2.45, 2.75) is 131 Å². The van der Waals surface area contributed by atoms with E-state index in [2.05, 4.69) is 77.9 Å². The number of rotatable bonds is 11. The van der Waals surface area contributed by atoms with Crippen LogP contribution in [0.2, 0.25) is 0 Å². The lowest BCUT2D eigenvalue weighted by Gasteiger charge is -2.37. The molecule has 0 bridgehead atoms. The summed E-state index contributed by atoms with van der Waals surface area (Å²) in [5.74, 6) is 4.89. The summed E-state index contributed by atoms with van der Waals surface area (Å²) in [7, 11) is 0. The zero-order valence-corrected chi connectivity index (χ0v) is 25.6. The molecule has 2 saturated carbocycles. The van der Waals surface area contributed by atoms with Gasteiger partial charge in [-0.05, 0) is 134 Å². The van der Waals surface area contributed by atoms with Crippen molar-refractivity contribution in [3.63, 3.8) is 0 Å². The summed E-state index contributed by atoms with van der Waals surface area (Å²) in [6.45, 7) is 14.7. The average Bonchev–Trinajstić information content (AvgIpc) is 2.98. The Morgan fingerprint density at radius 1 is 0.658 bits per heavy atom. The minimum absolute atomic E-state index is 0.290. The quantitative estimate of drug-likeness (QED) is 0.288. The van der Waals surface area contributed by atoms with Crippen molar-refractivity contribution in [2.24, 2.45) is 23.2 Å². The first-order valence-electron chi connectivity index (χ1n) is 16.3. The van der Waals surface area contributed by atoms with Crippen molar-refractivity contribution in [3.05, 3.63) is 53.1 Å². The molecule has 1 nitrogen and oxygen atoms in total. The Morgan fingerprint density at radius 2 is 1.16 bits per heavy atom.